The van der Waals surface area contributed by atoms with Gasteiger partial charge in [-0.3, -0.25) is 19.7 Å². The van der Waals surface area contributed by atoms with Crippen LogP contribution in [0.1, 0.15) is 48.0 Å². The lowest BCUT2D eigenvalue weighted by molar-refractivity contribution is -0.136. The molecule has 1 aromatic carbocycles. The van der Waals surface area contributed by atoms with E-state index < -0.39 is 18.1 Å². The first-order valence-corrected chi connectivity index (χ1v) is 8.65. The first-order chi connectivity index (χ1) is 12.0. The van der Waals surface area contributed by atoms with Gasteiger partial charge in [-0.2, -0.15) is 0 Å². The molecule has 7 nitrogen and oxygen atoms in total. The molecule has 1 saturated heterocycles. The maximum atomic E-state index is 12.6. The van der Waals surface area contributed by atoms with Crippen LogP contribution in [-0.2, 0) is 16.1 Å². The molecule has 2 N–H and O–H groups in total. The van der Waals surface area contributed by atoms with E-state index in [1.807, 2.05) is 6.07 Å². The van der Waals surface area contributed by atoms with Crippen molar-refractivity contribution in [2.75, 3.05) is 0 Å². The third-order valence-corrected chi connectivity index (χ3v) is 5.20. The molecule has 0 aromatic heterocycles. The summed E-state index contributed by atoms with van der Waals surface area (Å²) in [5, 5.41) is 12.2. The molecular formula is C18H20N2O5. The predicted molar refractivity (Wildman–Crippen MR) is 86.8 cm³/mol. The summed E-state index contributed by atoms with van der Waals surface area (Å²) in [4.78, 5) is 37.5. The number of imide groups is 1. The number of aliphatic hydroxyl groups is 1. The number of rotatable bonds is 3. The summed E-state index contributed by atoms with van der Waals surface area (Å²) in [7, 11) is 0. The number of benzene rings is 1. The number of carbonyl (C=O) groups excluding carboxylic acids is 3. The fourth-order valence-electron chi connectivity index (χ4n) is 3.84. The minimum absolute atomic E-state index is 0.197. The lowest BCUT2D eigenvalue weighted by atomic mass is 10.0. The van der Waals surface area contributed by atoms with Crippen LogP contribution in [0.15, 0.2) is 18.2 Å². The Hall–Kier alpha value is -2.41. The van der Waals surface area contributed by atoms with Crippen molar-refractivity contribution < 1.29 is 24.2 Å². The highest BCUT2D eigenvalue weighted by Crippen LogP contribution is 2.32. The van der Waals surface area contributed by atoms with Gasteiger partial charge in [0, 0.05) is 18.5 Å². The van der Waals surface area contributed by atoms with Gasteiger partial charge in [0.25, 0.3) is 5.91 Å². The number of fused-ring (bicyclic) bond motifs is 1. The summed E-state index contributed by atoms with van der Waals surface area (Å²) in [5.41, 5.74) is 1.36. The van der Waals surface area contributed by atoms with Crippen molar-refractivity contribution in [3.05, 3.63) is 29.3 Å². The molecular weight excluding hydrogens is 324 g/mol. The van der Waals surface area contributed by atoms with Crippen LogP contribution in [0, 0.1) is 0 Å². The van der Waals surface area contributed by atoms with Crippen LogP contribution in [0.3, 0.4) is 0 Å². The average molecular weight is 344 g/mol. The standard InChI is InChI=1S/C18H20N2O5/c21-14-2-1-3-15(14)25-11-4-5-12-10(8-11)9-20(18(12)24)13-6-7-16(22)19-17(13)23/h4-5,8,13-15,21H,1-3,6-7,9H2,(H,19,22,23)/t13?,14-,15-/m1/s1. The van der Waals surface area contributed by atoms with E-state index in [4.69, 9.17) is 4.74 Å². The number of aliphatic hydroxyl groups excluding tert-OH is 1. The van der Waals surface area contributed by atoms with Crippen LogP contribution in [0.25, 0.3) is 0 Å². The van der Waals surface area contributed by atoms with E-state index in [1.165, 1.54) is 4.90 Å². The number of nitrogens with zero attached hydrogens (tertiary/aromatic N) is 1. The van der Waals surface area contributed by atoms with Crippen LogP contribution >= 0.6 is 0 Å². The van der Waals surface area contributed by atoms with Gasteiger partial charge in [0.15, 0.2) is 0 Å². The molecule has 2 heterocycles. The maximum absolute atomic E-state index is 12.6. The van der Waals surface area contributed by atoms with Crippen LogP contribution in [-0.4, -0.2) is 46.0 Å². The zero-order valence-electron chi connectivity index (χ0n) is 13.7. The van der Waals surface area contributed by atoms with Crippen LogP contribution < -0.4 is 10.1 Å². The monoisotopic (exact) mass is 344 g/mol. The molecule has 0 bridgehead atoms. The molecule has 7 heteroatoms. The highest BCUT2D eigenvalue weighted by Gasteiger charge is 2.39. The SMILES string of the molecule is O=C1CCC(N2Cc3cc(O[C@@H]4CCC[C@H]4O)ccc3C2=O)C(=O)N1. The largest absolute Gasteiger partial charge is 0.488 e. The molecule has 1 saturated carbocycles. The second kappa shape index (κ2) is 6.15. The van der Waals surface area contributed by atoms with E-state index in [0.717, 1.165) is 24.8 Å². The molecule has 132 valence electrons. The van der Waals surface area contributed by atoms with E-state index in [1.54, 1.807) is 12.1 Å². The van der Waals surface area contributed by atoms with Crippen LogP contribution in [0.2, 0.25) is 0 Å². The molecule has 1 aliphatic carbocycles. The van der Waals surface area contributed by atoms with Gasteiger partial charge in [-0.1, -0.05) is 0 Å². The number of hydrogen-bond donors (Lipinski definition) is 2. The molecule has 3 atom stereocenters. The number of amides is 3. The van der Waals surface area contributed by atoms with Crippen molar-refractivity contribution in [1.29, 1.82) is 0 Å². The van der Waals surface area contributed by atoms with Crippen molar-refractivity contribution in [2.24, 2.45) is 0 Å². The lowest BCUT2D eigenvalue weighted by Gasteiger charge is -2.29. The van der Waals surface area contributed by atoms with Crippen molar-refractivity contribution in [3.8, 4) is 5.75 Å². The van der Waals surface area contributed by atoms with E-state index in [2.05, 4.69) is 5.32 Å². The van der Waals surface area contributed by atoms with E-state index in [9.17, 15) is 19.5 Å². The van der Waals surface area contributed by atoms with Gasteiger partial charge < -0.3 is 14.7 Å². The molecule has 1 unspecified atom stereocenters. The van der Waals surface area contributed by atoms with E-state index in [-0.39, 0.29) is 24.3 Å². The number of nitrogens with one attached hydrogen (secondary N) is 1. The molecule has 0 radical (unpaired) electrons. The topological polar surface area (TPSA) is 95.9 Å². The summed E-state index contributed by atoms with van der Waals surface area (Å²) < 4.78 is 5.86. The molecule has 2 fully saturated rings. The molecule has 1 aromatic rings. The fraction of sp³-hybridized carbons (Fsp3) is 0.500. The van der Waals surface area contributed by atoms with Gasteiger partial charge in [0.1, 0.15) is 17.9 Å². The Morgan fingerprint density at radius 3 is 2.72 bits per heavy atom. The Balaban J connectivity index is 1.51. The maximum Gasteiger partial charge on any atom is 0.255 e. The summed E-state index contributed by atoms with van der Waals surface area (Å²) in [6, 6.07) is 4.64. The van der Waals surface area contributed by atoms with Crippen molar-refractivity contribution in [1.82, 2.24) is 10.2 Å². The summed E-state index contributed by atoms with van der Waals surface area (Å²) in [5.74, 6) is -0.279. The third-order valence-electron chi connectivity index (χ3n) is 5.20. The van der Waals surface area contributed by atoms with Gasteiger partial charge >= 0.3 is 0 Å². The van der Waals surface area contributed by atoms with Crippen LogP contribution in [0.4, 0.5) is 0 Å². The molecule has 25 heavy (non-hydrogen) atoms. The fourth-order valence-corrected chi connectivity index (χ4v) is 3.84. The Morgan fingerprint density at radius 1 is 1.16 bits per heavy atom. The first-order valence-electron chi connectivity index (χ1n) is 8.65. The molecule has 4 rings (SSSR count). The molecule has 0 spiro atoms. The zero-order valence-corrected chi connectivity index (χ0v) is 13.7. The lowest BCUT2D eigenvalue weighted by Crippen LogP contribution is -2.52. The Bertz CT molecular complexity index is 747. The van der Waals surface area contributed by atoms with Gasteiger partial charge in [0.05, 0.1) is 6.10 Å². The second-order valence-corrected chi connectivity index (χ2v) is 6.87. The minimum atomic E-state index is -0.612. The number of carbonyl (C=O) groups is 3. The number of piperidine rings is 1. The Labute approximate surface area is 144 Å². The van der Waals surface area contributed by atoms with Crippen molar-refractivity contribution in [2.45, 2.75) is 56.9 Å². The molecule has 3 amide bonds. The van der Waals surface area contributed by atoms with Gasteiger partial charge in [-0.15, -0.1) is 0 Å². The second-order valence-electron chi connectivity index (χ2n) is 6.87. The summed E-state index contributed by atoms with van der Waals surface area (Å²) in [6.45, 7) is 0.324. The number of hydrogen-bond acceptors (Lipinski definition) is 5. The van der Waals surface area contributed by atoms with Gasteiger partial charge in [0.2, 0.25) is 11.8 Å². The van der Waals surface area contributed by atoms with E-state index >= 15 is 0 Å². The molecule has 3 aliphatic rings. The third kappa shape index (κ3) is 2.89. The smallest absolute Gasteiger partial charge is 0.255 e. The Kier molecular flexibility index (Phi) is 3.95. The highest BCUT2D eigenvalue weighted by atomic mass is 16.5. The van der Waals surface area contributed by atoms with Gasteiger partial charge in [-0.05, 0) is 49.4 Å². The predicted octanol–water partition coefficient (Wildman–Crippen LogP) is 0.740. The van der Waals surface area contributed by atoms with Crippen LogP contribution in [0.5, 0.6) is 5.75 Å². The average Bonchev–Trinajstić information content (AvgIpc) is 3.12. The normalized spacial score (nSPS) is 28.9. The quantitative estimate of drug-likeness (QED) is 0.789. The summed E-state index contributed by atoms with van der Waals surface area (Å²) in [6.07, 6.45) is 2.44. The number of ether oxygens (including phenoxy) is 1. The Morgan fingerprint density at radius 2 is 2.00 bits per heavy atom. The van der Waals surface area contributed by atoms with Crippen molar-refractivity contribution >= 4 is 17.7 Å². The highest BCUT2D eigenvalue weighted by molar-refractivity contribution is 6.05. The minimum Gasteiger partial charge on any atom is -0.488 e. The van der Waals surface area contributed by atoms with Gasteiger partial charge in [-0.25, -0.2) is 0 Å². The van der Waals surface area contributed by atoms with E-state index in [0.29, 0.717) is 24.3 Å². The molecule has 2 aliphatic heterocycles. The van der Waals surface area contributed by atoms with Crippen molar-refractivity contribution in [3.63, 3.8) is 0 Å². The first kappa shape index (κ1) is 16.1. The summed E-state index contributed by atoms with van der Waals surface area (Å²) >= 11 is 0. The zero-order chi connectivity index (χ0) is 17.6.